The van der Waals surface area contributed by atoms with Crippen molar-refractivity contribution in [3.8, 4) is 17.2 Å². The molecular formula is C20H20N4O3S. The molecule has 0 bridgehead atoms. The SMILES string of the molecule is CN(Cc1ccc2c(c1)OCCO2)C(=O)CSc1nncn1-c1ccccc1. The molecule has 8 heteroatoms. The lowest BCUT2D eigenvalue weighted by Crippen LogP contribution is -2.28. The summed E-state index contributed by atoms with van der Waals surface area (Å²) in [5.74, 6) is 1.78. The van der Waals surface area contributed by atoms with Crippen molar-refractivity contribution >= 4 is 17.7 Å². The first-order valence-electron chi connectivity index (χ1n) is 8.91. The van der Waals surface area contributed by atoms with Crippen LogP contribution in [0.2, 0.25) is 0 Å². The summed E-state index contributed by atoms with van der Waals surface area (Å²) in [6, 6.07) is 15.6. The van der Waals surface area contributed by atoms with Gasteiger partial charge in [-0.25, -0.2) is 0 Å². The van der Waals surface area contributed by atoms with Gasteiger partial charge in [0.1, 0.15) is 19.5 Å². The second kappa shape index (κ2) is 8.35. The lowest BCUT2D eigenvalue weighted by molar-refractivity contribution is -0.127. The lowest BCUT2D eigenvalue weighted by Gasteiger charge is -2.21. The van der Waals surface area contributed by atoms with Gasteiger partial charge >= 0.3 is 0 Å². The Bertz CT molecular complexity index is 961. The van der Waals surface area contributed by atoms with E-state index in [4.69, 9.17) is 9.47 Å². The van der Waals surface area contributed by atoms with Crippen LogP contribution in [0.4, 0.5) is 0 Å². The zero-order valence-electron chi connectivity index (χ0n) is 15.4. The molecular weight excluding hydrogens is 376 g/mol. The van der Waals surface area contributed by atoms with Crippen LogP contribution in [-0.4, -0.2) is 51.6 Å². The van der Waals surface area contributed by atoms with Crippen LogP contribution in [0.3, 0.4) is 0 Å². The van der Waals surface area contributed by atoms with Gasteiger partial charge in [0, 0.05) is 19.3 Å². The number of carbonyl (C=O) groups is 1. The lowest BCUT2D eigenvalue weighted by atomic mass is 10.2. The van der Waals surface area contributed by atoms with E-state index in [2.05, 4.69) is 10.2 Å². The summed E-state index contributed by atoms with van der Waals surface area (Å²) in [4.78, 5) is 14.3. The van der Waals surface area contributed by atoms with Crippen LogP contribution in [0.25, 0.3) is 5.69 Å². The fraction of sp³-hybridized carbons (Fsp3) is 0.250. The Hall–Kier alpha value is -3.00. The maximum atomic E-state index is 12.6. The quantitative estimate of drug-likeness (QED) is 0.597. The van der Waals surface area contributed by atoms with Crippen molar-refractivity contribution in [1.29, 1.82) is 0 Å². The number of amides is 1. The molecule has 0 unspecified atom stereocenters. The summed E-state index contributed by atoms with van der Waals surface area (Å²) in [6.07, 6.45) is 1.65. The largest absolute Gasteiger partial charge is 0.486 e. The van der Waals surface area contributed by atoms with Gasteiger partial charge in [-0.3, -0.25) is 9.36 Å². The summed E-state index contributed by atoms with van der Waals surface area (Å²) in [6.45, 7) is 1.61. The standard InChI is InChI=1S/C20H20N4O3S/c1-23(12-15-7-8-17-18(11-15)27-10-9-26-17)19(25)13-28-20-22-21-14-24(20)16-5-3-2-4-6-16/h2-8,11,14H,9-10,12-13H2,1H3. The number of thioether (sulfide) groups is 1. The van der Waals surface area contributed by atoms with Crippen molar-refractivity contribution in [3.05, 3.63) is 60.4 Å². The monoisotopic (exact) mass is 396 g/mol. The summed E-state index contributed by atoms with van der Waals surface area (Å²) < 4.78 is 13.0. The van der Waals surface area contributed by atoms with Crippen molar-refractivity contribution in [1.82, 2.24) is 19.7 Å². The smallest absolute Gasteiger partial charge is 0.233 e. The number of nitrogens with zero attached hydrogens (tertiary/aromatic N) is 4. The minimum absolute atomic E-state index is 0.0162. The van der Waals surface area contributed by atoms with Gasteiger partial charge < -0.3 is 14.4 Å². The summed E-state index contributed by atoms with van der Waals surface area (Å²) in [5, 5.41) is 8.79. The Kier molecular flexibility index (Phi) is 5.48. The van der Waals surface area contributed by atoms with Crippen LogP contribution < -0.4 is 9.47 Å². The number of fused-ring (bicyclic) bond motifs is 1. The van der Waals surface area contributed by atoms with Crippen molar-refractivity contribution in [2.45, 2.75) is 11.7 Å². The summed E-state index contributed by atoms with van der Waals surface area (Å²) >= 11 is 1.37. The predicted octanol–water partition coefficient (Wildman–Crippen LogP) is 2.79. The second-order valence-electron chi connectivity index (χ2n) is 6.34. The van der Waals surface area contributed by atoms with Gasteiger partial charge in [-0.15, -0.1) is 10.2 Å². The van der Waals surface area contributed by atoms with Crippen molar-refractivity contribution < 1.29 is 14.3 Å². The van der Waals surface area contributed by atoms with E-state index in [1.54, 1.807) is 18.3 Å². The molecule has 7 nitrogen and oxygen atoms in total. The van der Waals surface area contributed by atoms with Crippen molar-refractivity contribution in [3.63, 3.8) is 0 Å². The number of rotatable bonds is 6. The molecule has 1 aromatic heterocycles. The van der Waals surface area contributed by atoms with E-state index in [0.717, 1.165) is 22.7 Å². The Morgan fingerprint density at radius 3 is 2.75 bits per heavy atom. The maximum absolute atomic E-state index is 12.6. The number of carbonyl (C=O) groups excluding carboxylic acids is 1. The van der Waals surface area contributed by atoms with Gasteiger partial charge in [0.2, 0.25) is 5.91 Å². The number of aromatic nitrogens is 3. The molecule has 0 fully saturated rings. The Labute approximate surface area is 167 Å². The van der Waals surface area contributed by atoms with Gasteiger partial charge in [0.05, 0.1) is 5.75 Å². The molecule has 2 heterocycles. The van der Waals surface area contributed by atoms with Crippen LogP contribution in [0, 0.1) is 0 Å². The first kappa shape index (κ1) is 18.4. The average Bonchev–Trinajstić information content (AvgIpc) is 3.21. The van der Waals surface area contributed by atoms with Crippen LogP contribution in [-0.2, 0) is 11.3 Å². The number of hydrogen-bond acceptors (Lipinski definition) is 6. The van der Waals surface area contributed by atoms with Crippen molar-refractivity contribution in [2.24, 2.45) is 0 Å². The fourth-order valence-corrected chi connectivity index (χ4v) is 3.74. The molecule has 0 N–H and O–H groups in total. The highest BCUT2D eigenvalue weighted by Gasteiger charge is 2.16. The van der Waals surface area contributed by atoms with E-state index in [1.165, 1.54) is 11.8 Å². The third-order valence-corrected chi connectivity index (χ3v) is 5.26. The second-order valence-corrected chi connectivity index (χ2v) is 7.28. The molecule has 144 valence electrons. The predicted molar refractivity (Wildman–Crippen MR) is 106 cm³/mol. The molecule has 3 aromatic rings. The molecule has 0 atom stereocenters. The van der Waals surface area contributed by atoms with Gasteiger partial charge in [-0.1, -0.05) is 36.0 Å². The third kappa shape index (κ3) is 4.12. The number of para-hydroxylation sites is 1. The molecule has 28 heavy (non-hydrogen) atoms. The normalized spacial score (nSPS) is 12.6. The van der Waals surface area contributed by atoms with E-state index >= 15 is 0 Å². The van der Waals surface area contributed by atoms with E-state index in [-0.39, 0.29) is 11.7 Å². The molecule has 0 saturated heterocycles. The van der Waals surface area contributed by atoms with Gasteiger partial charge in [0.25, 0.3) is 0 Å². The molecule has 1 aliphatic rings. The molecule has 4 rings (SSSR count). The maximum Gasteiger partial charge on any atom is 0.233 e. The van der Waals surface area contributed by atoms with Crippen LogP contribution in [0.15, 0.2) is 60.0 Å². The first-order valence-corrected chi connectivity index (χ1v) is 9.90. The molecule has 1 amide bonds. The van der Waals surface area contributed by atoms with Crippen molar-refractivity contribution in [2.75, 3.05) is 26.0 Å². The highest BCUT2D eigenvalue weighted by atomic mass is 32.2. The zero-order chi connectivity index (χ0) is 19.3. The summed E-state index contributed by atoms with van der Waals surface area (Å²) in [7, 11) is 1.79. The molecule has 0 radical (unpaired) electrons. The fourth-order valence-electron chi connectivity index (χ4n) is 2.87. The third-order valence-electron chi connectivity index (χ3n) is 4.33. The minimum atomic E-state index is 0.0162. The molecule has 2 aromatic carbocycles. The molecule has 0 saturated carbocycles. The van der Waals surface area contributed by atoms with E-state index < -0.39 is 0 Å². The Morgan fingerprint density at radius 1 is 1.14 bits per heavy atom. The average molecular weight is 396 g/mol. The molecule has 0 aliphatic carbocycles. The molecule has 0 spiro atoms. The van der Waals surface area contributed by atoms with Crippen LogP contribution in [0.1, 0.15) is 5.56 Å². The zero-order valence-corrected chi connectivity index (χ0v) is 16.3. The first-order chi connectivity index (χ1) is 13.7. The number of ether oxygens (including phenoxy) is 2. The highest BCUT2D eigenvalue weighted by molar-refractivity contribution is 7.99. The van der Waals surface area contributed by atoms with Gasteiger partial charge in [-0.2, -0.15) is 0 Å². The number of benzene rings is 2. The van der Waals surface area contributed by atoms with E-state index in [9.17, 15) is 4.79 Å². The Morgan fingerprint density at radius 2 is 1.93 bits per heavy atom. The van der Waals surface area contributed by atoms with E-state index in [1.807, 2.05) is 53.1 Å². The number of hydrogen-bond donors (Lipinski definition) is 0. The topological polar surface area (TPSA) is 69.5 Å². The van der Waals surface area contributed by atoms with Crippen LogP contribution in [0.5, 0.6) is 11.5 Å². The molecule has 1 aliphatic heterocycles. The van der Waals surface area contributed by atoms with E-state index in [0.29, 0.717) is 24.9 Å². The van der Waals surface area contributed by atoms with Gasteiger partial charge in [0.15, 0.2) is 16.7 Å². The van der Waals surface area contributed by atoms with Crippen LogP contribution >= 0.6 is 11.8 Å². The minimum Gasteiger partial charge on any atom is -0.486 e. The Balaban J connectivity index is 1.36. The summed E-state index contributed by atoms with van der Waals surface area (Å²) in [5.41, 5.74) is 1.96. The van der Waals surface area contributed by atoms with Gasteiger partial charge in [-0.05, 0) is 29.8 Å². The highest BCUT2D eigenvalue weighted by Crippen LogP contribution is 2.31.